The van der Waals surface area contributed by atoms with Crippen molar-refractivity contribution in [1.82, 2.24) is 15.3 Å². The summed E-state index contributed by atoms with van der Waals surface area (Å²) in [4.78, 5) is 10.1. The molecular weight excluding hydrogens is 328 g/mol. The number of aryl methyl sites for hydroxylation is 1. The van der Waals surface area contributed by atoms with E-state index in [-0.39, 0.29) is 12.1 Å². The van der Waals surface area contributed by atoms with Gasteiger partial charge in [-0.1, -0.05) is 25.1 Å². The number of hydrogen-bond acceptors (Lipinski definition) is 2. The third kappa shape index (κ3) is 2.91. The Balaban J connectivity index is 1.77. The molecule has 0 radical (unpaired) electrons. The maximum absolute atomic E-state index is 5.68. The summed E-state index contributed by atoms with van der Waals surface area (Å²) >= 11 is 5.68. The monoisotopic (exact) mass is 348 g/mol. The molecule has 0 saturated carbocycles. The number of thiocarbonyl (C=S) groups is 1. The summed E-state index contributed by atoms with van der Waals surface area (Å²) in [6.07, 6.45) is 4.80. The molecule has 3 aromatic rings. The number of H-pyrrole nitrogens is 1. The molecule has 5 heteroatoms. The molecule has 2 N–H and O–H groups in total. The van der Waals surface area contributed by atoms with Crippen molar-refractivity contribution in [1.29, 1.82) is 0 Å². The normalized spacial score (nSPS) is 19.9. The molecule has 126 valence electrons. The van der Waals surface area contributed by atoms with Crippen molar-refractivity contribution in [3.05, 3.63) is 83.9 Å². The van der Waals surface area contributed by atoms with Gasteiger partial charge in [-0.25, -0.2) is 0 Å². The quantitative estimate of drug-likeness (QED) is 0.695. The van der Waals surface area contributed by atoms with E-state index in [2.05, 4.69) is 57.4 Å². The Bertz CT molecular complexity index is 843. The number of rotatable bonds is 4. The molecular formula is C20H20N4S. The molecule has 0 aliphatic carbocycles. The summed E-state index contributed by atoms with van der Waals surface area (Å²) in [6, 6.07) is 18.7. The molecule has 1 aliphatic rings. The molecule has 4 rings (SSSR count). The summed E-state index contributed by atoms with van der Waals surface area (Å²) in [5, 5.41) is 4.18. The van der Waals surface area contributed by atoms with E-state index >= 15 is 0 Å². The Labute approximate surface area is 152 Å². The highest BCUT2D eigenvalue weighted by molar-refractivity contribution is 7.80. The van der Waals surface area contributed by atoms with Crippen LogP contribution in [-0.2, 0) is 6.42 Å². The van der Waals surface area contributed by atoms with Gasteiger partial charge in [0.1, 0.15) is 6.04 Å². The summed E-state index contributed by atoms with van der Waals surface area (Å²) in [5.41, 5.74) is 4.51. The average Bonchev–Trinajstić information content (AvgIpc) is 3.30. The van der Waals surface area contributed by atoms with Crippen molar-refractivity contribution < 1.29 is 0 Å². The van der Waals surface area contributed by atoms with E-state index in [1.165, 1.54) is 5.56 Å². The molecule has 2 aromatic heterocycles. The zero-order valence-corrected chi connectivity index (χ0v) is 14.8. The third-order valence-electron chi connectivity index (χ3n) is 4.66. The number of aromatic nitrogens is 2. The smallest absolute Gasteiger partial charge is 0.174 e. The minimum Gasteiger partial charge on any atom is -0.363 e. The first-order chi connectivity index (χ1) is 12.3. The van der Waals surface area contributed by atoms with Gasteiger partial charge in [0, 0.05) is 23.8 Å². The average molecular weight is 348 g/mol. The van der Waals surface area contributed by atoms with Crippen LogP contribution in [0.5, 0.6) is 0 Å². The lowest BCUT2D eigenvalue weighted by atomic mass is 10.0. The third-order valence-corrected chi connectivity index (χ3v) is 4.98. The van der Waals surface area contributed by atoms with E-state index in [1.54, 1.807) is 0 Å². The fourth-order valence-electron chi connectivity index (χ4n) is 3.37. The fourth-order valence-corrected chi connectivity index (χ4v) is 3.72. The van der Waals surface area contributed by atoms with Gasteiger partial charge in [0.05, 0.1) is 11.7 Å². The molecule has 1 saturated heterocycles. The van der Waals surface area contributed by atoms with Gasteiger partial charge in [0.2, 0.25) is 0 Å². The Morgan fingerprint density at radius 3 is 2.56 bits per heavy atom. The Kier molecular flexibility index (Phi) is 4.24. The Hall–Kier alpha value is -2.66. The van der Waals surface area contributed by atoms with Crippen LogP contribution in [-0.4, -0.2) is 15.1 Å². The van der Waals surface area contributed by atoms with Gasteiger partial charge in [-0.2, -0.15) is 0 Å². The van der Waals surface area contributed by atoms with Crippen molar-refractivity contribution in [2.45, 2.75) is 25.4 Å². The van der Waals surface area contributed by atoms with Crippen LogP contribution in [0.2, 0.25) is 0 Å². The molecule has 0 bridgehead atoms. The number of pyridine rings is 1. The maximum Gasteiger partial charge on any atom is 0.174 e. The van der Waals surface area contributed by atoms with Crippen molar-refractivity contribution in [2.75, 3.05) is 4.90 Å². The standard InChI is InChI=1S/C20H20N4S/c1-2-14-8-10-15(11-9-14)24-19(17-7-5-13-22-17)18(23-20(24)25)16-6-3-4-12-21-16/h3-13,18-19,22H,2H2,1H3,(H,23,25)/t18-,19-/m0/s1. The van der Waals surface area contributed by atoms with Gasteiger partial charge in [-0.05, 0) is 60.6 Å². The lowest BCUT2D eigenvalue weighted by Crippen LogP contribution is -2.29. The molecule has 1 aromatic carbocycles. The van der Waals surface area contributed by atoms with E-state index in [0.717, 1.165) is 28.6 Å². The van der Waals surface area contributed by atoms with Crippen LogP contribution in [0, 0.1) is 0 Å². The lowest BCUT2D eigenvalue weighted by molar-refractivity contribution is 0.558. The second-order valence-corrected chi connectivity index (χ2v) is 6.53. The first-order valence-electron chi connectivity index (χ1n) is 8.51. The number of nitrogens with zero attached hydrogens (tertiary/aromatic N) is 2. The van der Waals surface area contributed by atoms with Gasteiger partial charge in [-0.3, -0.25) is 4.98 Å². The van der Waals surface area contributed by atoms with E-state index in [9.17, 15) is 0 Å². The topological polar surface area (TPSA) is 44.0 Å². The highest BCUT2D eigenvalue weighted by Gasteiger charge is 2.41. The van der Waals surface area contributed by atoms with Gasteiger partial charge < -0.3 is 15.2 Å². The molecule has 2 atom stereocenters. The highest BCUT2D eigenvalue weighted by atomic mass is 32.1. The van der Waals surface area contributed by atoms with Crippen LogP contribution in [0.1, 0.15) is 36.0 Å². The summed E-state index contributed by atoms with van der Waals surface area (Å²) in [7, 11) is 0. The summed E-state index contributed by atoms with van der Waals surface area (Å²) in [6.45, 7) is 2.16. The van der Waals surface area contributed by atoms with Crippen LogP contribution in [0.25, 0.3) is 0 Å². The van der Waals surface area contributed by atoms with Crippen LogP contribution >= 0.6 is 12.2 Å². The summed E-state index contributed by atoms with van der Waals surface area (Å²) < 4.78 is 0. The Morgan fingerprint density at radius 2 is 1.92 bits per heavy atom. The SMILES string of the molecule is CCc1ccc(N2C(=S)N[C@@H](c3ccccn3)[C@@H]2c2ccc[nH]2)cc1. The van der Waals surface area contributed by atoms with E-state index < -0.39 is 0 Å². The molecule has 0 spiro atoms. The van der Waals surface area contributed by atoms with Crippen LogP contribution < -0.4 is 10.2 Å². The molecule has 0 unspecified atom stereocenters. The van der Waals surface area contributed by atoms with Gasteiger partial charge in [0.15, 0.2) is 5.11 Å². The van der Waals surface area contributed by atoms with Gasteiger partial charge in [0.25, 0.3) is 0 Å². The molecule has 1 aliphatic heterocycles. The minimum atomic E-state index is -0.00167. The second kappa shape index (κ2) is 6.69. The molecule has 4 nitrogen and oxygen atoms in total. The van der Waals surface area contributed by atoms with Gasteiger partial charge >= 0.3 is 0 Å². The Morgan fingerprint density at radius 1 is 1.08 bits per heavy atom. The van der Waals surface area contributed by atoms with E-state index in [1.807, 2.05) is 36.7 Å². The number of nitrogens with one attached hydrogen (secondary N) is 2. The highest BCUT2D eigenvalue weighted by Crippen LogP contribution is 2.40. The zero-order chi connectivity index (χ0) is 17.2. The molecule has 1 fully saturated rings. The molecule has 3 heterocycles. The predicted octanol–water partition coefficient (Wildman–Crippen LogP) is 4.15. The van der Waals surface area contributed by atoms with Crippen molar-refractivity contribution in [3.63, 3.8) is 0 Å². The van der Waals surface area contributed by atoms with Crippen molar-refractivity contribution >= 4 is 23.0 Å². The molecule has 0 amide bonds. The molecule has 25 heavy (non-hydrogen) atoms. The van der Waals surface area contributed by atoms with Crippen LogP contribution in [0.3, 0.4) is 0 Å². The fraction of sp³-hybridized carbons (Fsp3) is 0.200. The number of anilines is 1. The lowest BCUT2D eigenvalue weighted by Gasteiger charge is -2.27. The first-order valence-corrected chi connectivity index (χ1v) is 8.91. The first kappa shape index (κ1) is 15.8. The van der Waals surface area contributed by atoms with E-state index in [0.29, 0.717) is 0 Å². The zero-order valence-electron chi connectivity index (χ0n) is 14.0. The number of benzene rings is 1. The largest absolute Gasteiger partial charge is 0.363 e. The van der Waals surface area contributed by atoms with Crippen LogP contribution in [0.4, 0.5) is 5.69 Å². The van der Waals surface area contributed by atoms with E-state index in [4.69, 9.17) is 12.2 Å². The van der Waals surface area contributed by atoms with Crippen LogP contribution in [0.15, 0.2) is 67.0 Å². The van der Waals surface area contributed by atoms with Crippen molar-refractivity contribution in [3.8, 4) is 0 Å². The predicted molar refractivity (Wildman–Crippen MR) is 105 cm³/mol. The number of hydrogen-bond donors (Lipinski definition) is 2. The minimum absolute atomic E-state index is 0.00167. The van der Waals surface area contributed by atoms with Gasteiger partial charge in [-0.15, -0.1) is 0 Å². The maximum atomic E-state index is 5.68. The summed E-state index contributed by atoms with van der Waals surface area (Å²) in [5.74, 6) is 0. The number of aromatic amines is 1. The second-order valence-electron chi connectivity index (χ2n) is 6.14. The van der Waals surface area contributed by atoms with Crippen molar-refractivity contribution in [2.24, 2.45) is 0 Å².